The smallest absolute Gasteiger partial charge is 0.254 e. The SMILES string of the molecule is CC(=O)Nc1cccc(NC(=O)CNC(=O)c2ccc(F)cc2F)c1C. The molecule has 0 unspecified atom stereocenters. The summed E-state index contributed by atoms with van der Waals surface area (Å²) < 4.78 is 26.4. The molecule has 2 aromatic carbocycles. The fourth-order valence-electron chi connectivity index (χ4n) is 2.22. The average molecular weight is 361 g/mol. The first-order valence-electron chi connectivity index (χ1n) is 7.68. The van der Waals surface area contributed by atoms with Crippen LogP contribution in [0, 0.1) is 18.6 Å². The molecule has 0 atom stereocenters. The van der Waals surface area contributed by atoms with Crippen LogP contribution in [0.15, 0.2) is 36.4 Å². The van der Waals surface area contributed by atoms with Gasteiger partial charge in [-0.25, -0.2) is 8.78 Å². The molecule has 3 N–H and O–H groups in total. The molecule has 8 heteroatoms. The molecule has 3 amide bonds. The molecular weight excluding hydrogens is 344 g/mol. The van der Waals surface area contributed by atoms with Crippen LogP contribution in [0.3, 0.4) is 0 Å². The number of hydrogen-bond acceptors (Lipinski definition) is 3. The van der Waals surface area contributed by atoms with E-state index >= 15 is 0 Å². The molecular formula is C18H17F2N3O3. The maximum atomic E-state index is 13.5. The van der Waals surface area contributed by atoms with Crippen LogP contribution in [0.5, 0.6) is 0 Å². The van der Waals surface area contributed by atoms with Crippen molar-refractivity contribution in [3.8, 4) is 0 Å². The van der Waals surface area contributed by atoms with Gasteiger partial charge in [0.05, 0.1) is 12.1 Å². The molecule has 6 nitrogen and oxygen atoms in total. The molecule has 0 saturated heterocycles. The van der Waals surface area contributed by atoms with Crippen molar-refractivity contribution < 1.29 is 23.2 Å². The molecule has 0 aromatic heterocycles. The zero-order chi connectivity index (χ0) is 19.3. The Bertz CT molecular complexity index is 869. The molecule has 26 heavy (non-hydrogen) atoms. The lowest BCUT2D eigenvalue weighted by atomic mass is 10.1. The Labute approximate surface area is 148 Å². The summed E-state index contributed by atoms with van der Waals surface area (Å²) in [6, 6.07) is 7.52. The molecule has 0 bridgehead atoms. The van der Waals surface area contributed by atoms with E-state index in [1.165, 1.54) is 6.92 Å². The van der Waals surface area contributed by atoms with Gasteiger partial charge in [-0.1, -0.05) is 6.07 Å². The molecule has 0 fully saturated rings. The average Bonchev–Trinajstić information content (AvgIpc) is 2.56. The Morgan fingerprint density at radius 2 is 1.65 bits per heavy atom. The first-order chi connectivity index (χ1) is 12.3. The summed E-state index contributed by atoms with van der Waals surface area (Å²) in [6.45, 7) is 2.68. The molecule has 0 aliphatic heterocycles. The van der Waals surface area contributed by atoms with Gasteiger partial charge in [-0.3, -0.25) is 14.4 Å². The lowest BCUT2D eigenvalue weighted by Gasteiger charge is -2.13. The third-order valence-electron chi connectivity index (χ3n) is 3.50. The first kappa shape index (κ1) is 19.0. The highest BCUT2D eigenvalue weighted by Crippen LogP contribution is 2.23. The number of carbonyl (C=O) groups excluding carboxylic acids is 3. The highest BCUT2D eigenvalue weighted by Gasteiger charge is 2.14. The van der Waals surface area contributed by atoms with Crippen LogP contribution >= 0.6 is 0 Å². The Hall–Kier alpha value is -3.29. The van der Waals surface area contributed by atoms with E-state index in [2.05, 4.69) is 16.0 Å². The van der Waals surface area contributed by atoms with Crippen LogP contribution in [0.1, 0.15) is 22.8 Å². The van der Waals surface area contributed by atoms with Gasteiger partial charge >= 0.3 is 0 Å². The van der Waals surface area contributed by atoms with E-state index in [0.29, 0.717) is 23.0 Å². The minimum atomic E-state index is -1.01. The van der Waals surface area contributed by atoms with Crippen molar-refractivity contribution in [3.05, 3.63) is 59.2 Å². The van der Waals surface area contributed by atoms with Crippen molar-refractivity contribution in [1.82, 2.24) is 5.32 Å². The van der Waals surface area contributed by atoms with Gasteiger partial charge in [0.25, 0.3) is 5.91 Å². The summed E-state index contributed by atoms with van der Waals surface area (Å²) in [5.41, 5.74) is 1.30. The second kappa shape index (κ2) is 8.19. The molecule has 0 aliphatic carbocycles. The third kappa shape index (κ3) is 4.85. The van der Waals surface area contributed by atoms with E-state index in [0.717, 1.165) is 12.1 Å². The van der Waals surface area contributed by atoms with Crippen LogP contribution in [0.4, 0.5) is 20.2 Å². The molecule has 0 spiro atoms. The molecule has 0 radical (unpaired) electrons. The van der Waals surface area contributed by atoms with E-state index in [1.54, 1.807) is 25.1 Å². The van der Waals surface area contributed by atoms with E-state index in [1.807, 2.05) is 0 Å². The second-order valence-electron chi connectivity index (χ2n) is 5.51. The van der Waals surface area contributed by atoms with Gasteiger partial charge in [0, 0.05) is 24.4 Å². The van der Waals surface area contributed by atoms with Crippen molar-refractivity contribution in [2.45, 2.75) is 13.8 Å². The van der Waals surface area contributed by atoms with Gasteiger partial charge in [0.1, 0.15) is 11.6 Å². The van der Waals surface area contributed by atoms with Crippen LogP contribution in [-0.4, -0.2) is 24.3 Å². The predicted octanol–water partition coefficient (Wildman–Crippen LogP) is 2.60. The summed E-state index contributed by atoms with van der Waals surface area (Å²) >= 11 is 0. The third-order valence-corrected chi connectivity index (χ3v) is 3.50. The summed E-state index contributed by atoms with van der Waals surface area (Å²) in [4.78, 5) is 35.0. The van der Waals surface area contributed by atoms with E-state index in [9.17, 15) is 23.2 Å². The van der Waals surface area contributed by atoms with Crippen molar-refractivity contribution in [1.29, 1.82) is 0 Å². The molecule has 0 saturated carbocycles. The van der Waals surface area contributed by atoms with Gasteiger partial charge < -0.3 is 16.0 Å². The number of halogens is 2. The van der Waals surface area contributed by atoms with Gasteiger partial charge in [-0.2, -0.15) is 0 Å². The Morgan fingerprint density at radius 3 is 2.27 bits per heavy atom. The number of anilines is 2. The van der Waals surface area contributed by atoms with Crippen molar-refractivity contribution >= 4 is 29.1 Å². The Balaban J connectivity index is 1.99. The maximum Gasteiger partial charge on any atom is 0.254 e. The Morgan fingerprint density at radius 1 is 1.00 bits per heavy atom. The van der Waals surface area contributed by atoms with Crippen molar-refractivity contribution in [3.63, 3.8) is 0 Å². The zero-order valence-corrected chi connectivity index (χ0v) is 14.2. The quantitative estimate of drug-likeness (QED) is 0.765. The lowest BCUT2D eigenvalue weighted by molar-refractivity contribution is -0.115. The molecule has 2 rings (SSSR count). The highest BCUT2D eigenvalue weighted by molar-refractivity contribution is 6.00. The van der Waals surface area contributed by atoms with E-state index < -0.39 is 30.0 Å². The summed E-state index contributed by atoms with van der Waals surface area (Å²) in [5.74, 6) is -3.43. The summed E-state index contributed by atoms with van der Waals surface area (Å²) in [6.07, 6.45) is 0. The van der Waals surface area contributed by atoms with Crippen LogP contribution < -0.4 is 16.0 Å². The number of rotatable bonds is 5. The number of amides is 3. The lowest BCUT2D eigenvalue weighted by Crippen LogP contribution is -2.33. The van der Waals surface area contributed by atoms with Crippen LogP contribution in [0.2, 0.25) is 0 Å². The predicted molar refractivity (Wildman–Crippen MR) is 92.8 cm³/mol. The fraction of sp³-hybridized carbons (Fsp3) is 0.167. The van der Waals surface area contributed by atoms with E-state index in [4.69, 9.17) is 0 Å². The number of nitrogens with one attached hydrogen (secondary N) is 3. The molecule has 0 aliphatic rings. The topological polar surface area (TPSA) is 87.3 Å². The largest absolute Gasteiger partial charge is 0.343 e. The standard InChI is InChI=1S/C18H17F2N3O3/c1-10-15(22-11(2)24)4-3-5-16(10)23-17(25)9-21-18(26)13-7-6-12(19)8-14(13)20/h3-8H,9H2,1-2H3,(H,21,26)(H,22,24)(H,23,25). The number of hydrogen-bond donors (Lipinski definition) is 3. The maximum absolute atomic E-state index is 13.5. The monoisotopic (exact) mass is 361 g/mol. The van der Waals surface area contributed by atoms with Gasteiger partial charge in [0.2, 0.25) is 11.8 Å². The van der Waals surface area contributed by atoms with Gasteiger partial charge in [-0.05, 0) is 36.8 Å². The highest BCUT2D eigenvalue weighted by atomic mass is 19.1. The van der Waals surface area contributed by atoms with Crippen molar-refractivity contribution in [2.24, 2.45) is 0 Å². The minimum Gasteiger partial charge on any atom is -0.343 e. The van der Waals surface area contributed by atoms with Crippen LogP contribution in [-0.2, 0) is 9.59 Å². The zero-order valence-electron chi connectivity index (χ0n) is 14.2. The van der Waals surface area contributed by atoms with Gasteiger partial charge in [-0.15, -0.1) is 0 Å². The minimum absolute atomic E-state index is 0.245. The molecule has 136 valence electrons. The second-order valence-corrected chi connectivity index (χ2v) is 5.51. The molecule has 0 heterocycles. The van der Waals surface area contributed by atoms with Gasteiger partial charge in [0.15, 0.2) is 0 Å². The number of carbonyl (C=O) groups is 3. The van der Waals surface area contributed by atoms with Crippen LogP contribution in [0.25, 0.3) is 0 Å². The molecule has 2 aromatic rings. The number of benzene rings is 2. The fourth-order valence-corrected chi connectivity index (χ4v) is 2.22. The Kier molecular flexibility index (Phi) is 6.00. The normalized spacial score (nSPS) is 10.2. The summed E-state index contributed by atoms with van der Waals surface area (Å²) in [5, 5.41) is 7.50. The summed E-state index contributed by atoms with van der Waals surface area (Å²) in [7, 11) is 0. The first-order valence-corrected chi connectivity index (χ1v) is 7.68. The van der Waals surface area contributed by atoms with E-state index in [-0.39, 0.29) is 11.5 Å². The van der Waals surface area contributed by atoms with Crippen molar-refractivity contribution in [2.75, 3.05) is 17.2 Å².